The summed E-state index contributed by atoms with van der Waals surface area (Å²) >= 11 is 0. The van der Waals surface area contributed by atoms with E-state index in [2.05, 4.69) is 15.1 Å². The zero-order valence-electron chi connectivity index (χ0n) is 16.9. The lowest BCUT2D eigenvalue weighted by molar-refractivity contribution is -0.146. The van der Waals surface area contributed by atoms with Gasteiger partial charge in [-0.1, -0.05) is 12.1 Å². The molecule has 4 rings (SSSR count). The highest BCUT2D eigenvalue weighted by Crippen LogP contribution is 2.27. The molecule has 0 saturated carbocycles. The van der Waals surface area contributed by atoms with E-state index in [0.29, 0.717) is 17.0 Å². The Labute approximate surface area is 178 Å². The lowest BCUT2D eigenvalue weighted by Gasteiger charge is -2.14. The van der Waals surface area contributed by atoms with Crippen molar-refractivity contribution in [3.8, 4) is 0 Å². The Morgan fingerprint density at radius 3 is 2.28 bits per heavy atom. The normalized spacial score (nSPS) is 13.7. The van der Waals surface area contributed by atoms with E-state index in [1.807, 2.05) is 0 Å². The molecule has 0 saturated heterocycles. The molecule has 0 spiro atoms. The molecule has 0 bridgehead atoms. The number of carbonyl (C=O) groups excluding carboxylic acids is 3. The zero-order valence-corrected chi connectivity index (χ0v) is 16.9. The highest BCUT2D eigenvalue weighted by Gasteiger charge is 2.37. The Kier molecular flexibility index (Phi) is 5.15. The van der Waals surface area contributed by atoms with Crippen molar-refractivity contribution in [1.82, 2.24) is 24.5 Å². The van der Waals surface area contributed by atoms with E-state index in [4.69, 9.17) is 4.74 Å². The van der Waals surface area contributed by atoms with Crippen molar-refractivity contribution < 1.29 is 32.3 Å². The molecule has 2 aromatic heterocycles. The van der Waals surface area contributed by atoms with Crippen molar-refractivity contribution in [2.45, 2.75) is 32.9 Å². The molecule has 0 fully saturated rings. The summed E-state index contributed by atoms with van der Waals surface area (Å²) in [7, 11) is 0. The van der Waals surface area contributed by atoms with Crippen LogP contribution in [0.2, 0.25) is 0 Å². The van der Waals surface area contributed by atoms with E-state index in [1.165, 1.54) is 12.1 Å². The van der Waals surface area contributed by atoms with Crippen LogP contribution in [0.4, 0.5) is 13.2 Å². The maximum Gasteiger partial charge on any atom is 0.453 e. The fourth-order valence-corrected chi connectivity index (χ4v) is 3.48. The van der Waals surface area contributed by atoms with Crippen LogP contribution in [0.25, 0.3) is 5.78 Å². The second kappa shape index (κ2) is 7.70. The van der Waals surface area contributed by atoms with Gasteiger partial charge in [-0.05, 0) is 38.0 Å². The van der Waals surface area contributed by atoms with Gasteiger partial charge in [-0.15, -0.1) is 5.10 Å². The van der Waals surface area contributed by atoms with Gasteiger partial charge in [0.1, 0.15) is 0 Å². The second-order valence-electron chi connectivity index (χ2n) is 7.14. The SMILES string of the molecule is Cc1nc2nc(C(F)(F)F)nn2c(C)c1CCC(=O)OCN1C(=O)c2ccccc2C1=O. The number of fused-ring (bicyclic) bond motifs is 2. The molecule has 9 nitrogen and oxygen atoms in total. The lowest BCUT2D eigenvalue weighted by atomic mass is 10.1. The lowest BCUT2D eigenvalue weighted by Crippen LogP contribution is -2.33. The highest BCUT2D eigenvalue weighted by molar-refractivity contribution is 6.21. The number of hydrogen-bond donors (Lipinski definition) is 0. The zero-order chi connectivity index (χ0) is 23.2. The van der Waals surface area contributed by atoms with Crippen molar-refractivity contribution in [3.05, 3.63) is 58.2 Å². The Hall–Kier alpha value is -3.83. The number of esters is 1. The number of imide groups is 1. The summed E-state index contributed by atoms with van der Waals surface area (Å²) in [6, 6.07) is 6.28. The predicted octanol–water partition coefficient (Wildman–Crippen LogP) is 2.49. The third kappa shape index (κ3) is 3.67. The number of amides is 2. The van der Waals surface area contributed by atoms with Crippen molar-refractivity contribution in [1.29, 1.82) is 0 Å². The van der Waals surface area contributed by atoms with E-state index < -0.39 is 36.5 Å². The maximum atomic E-state index is 12.9. The number of aryl methyl sites for hydroxylation is 2. The van der Waals surface area contributed by atoms with Gasteiger partial charge >= 0.3 is 12.1 Å². The number of alkyl halides is 3. The number of nitrogens with zero attached hydrogens (tertiary/aromatic N) is 5. The summed E-state index contributed by atoms with van der Waals surface area (Å²) in [6.07, 6.45) is -4.73. The number of aromatic nitrogens is 4. The van der Waals surface area contributed by atoms with Crippen molar-refractivity contribution in [3.63, 3.8) is 0 Å². The number of ether oxygens (including phenoxy) is 1. The summed E-state index contributed by atoms with van der Waals surface area (Å²) in [5.74, 6) is -3.28. The Balaban J connectivity index is 1.42. The van der Waals surface area contributed by atoms with Gasteiger partial charge in [0.15, 0.2) is 6.73 Å². The van der Waals surface area contributed by atoms with Crippen LogP contribution in [0.1, 0.15) is 49.9 Å². The van der Waals surface area contributed by atoms with Crippen LogP contribution in [0.3, 0.4) is 0 Å². The topological polar surface area (TPSA) is 107 Å². The Morgan fingerprint density at radius 2 is 1.69 bits per heavy atom. The smallest absolute Gasteiger partial charge is 0.444 e. The third-order valence-electron chi connectivity index (χ3n) is 5.11. The van der Waals surface area contributed by atoms with Gasteiger partial charge in [0.05, 0.1) is 11.1 Å². The van der Waals surface area contributed by atoms with Gasteiger partial charge in [-0.25, -0.2) is 14.4 Å². The first-order valence-electron chi connectivity index (χ1n) is 9.49. The van der Waals surface area contributed by atoms with Crippen LogP contribution in [-0.4, -0.2) is 49.0 Å². The molecule has 0 radical (unpaired) electrons. The first-order chi connectivity index (χ1) is 15.1. The van der Waals surface area contributed by atoms with Crippen LogP contribution >= 0.6 is 0 Å². The molecule has 1 aliphatic rings. The van der Waals surface area contributed by atoms with Crippen molar-refractivity contribution >= 4 is 23.6 Å². The van der Waals surface area contributed by atoms with E-state index in [-0.39, 0.29) is 29.7 Å². The minimum atomic E-state index is -4.71. The van der Waals surface area contributed by atoms with Crippen LogP contribution in [0.15, 0.2) is 24.3 Å². The maximum absolute atomic E-state index is 12.9. The number of rotatable bonds is 5. The van der Waals surface area contributed by atoms with Gasteiger partial charge < -0.3 is 4.74 Å². The first kappa shape index (κ1) is 21.4. The summed E-state index contributed by atoms with van der Waals surface area (Å²) in [6.45, 7) is 2.61. The number of halogens is 3. The fourth-order valence-electron chi connectivity index (χ4n) is 3.48. The van der Waals surface area contributed by atoms with Crippen molar-refractivity contribution in [2.75, 3.05) is 6.73 Å². The van der Waals surface area contributed by atoms with Crippen molar-refractivity contribution in [2.24, 2.45) is 0 Å². The minimum absolute atomic E-state index is 0.114. The molecular weight excluding hydrogens is 431 g/mol. The third-order valence-corrected chi connectivity index (χ3v) is 5.11. The van der Waals surface area contributed by atoms with Gasteiger partial charge in [0.25, 0.3) is 23.4 Å². The molecular formula is C20H16F3N5O4. The second-order valence-corrected chi connectivity index (χ2v) is 7.14. The molecule has 3 heterocycles. The predicted molar refractivity (Wildman–Crippen MR) is 101 cm³/mol. The molecule has 0 atom stereocenters. The summed E-state index contributed by atoms with van der Waals surface area (Å²) in [4.78, 5) is 45.1. The quantitative estimate of drug-likeness (QED) is 0.437. The van der Waals surface area contributed by atoms with E-state index in [0.717, 1.165) is 9.42 Å². The van der Waals surface area contributed by atoms with E-state index in [1.54, 1.807) is 26.0 Å². The average Bonchev–Trinajstić information content (AvgIpc) is 3.27. The molecule has 32 heavy (non-hydrogen) atoms. The average molecular weight is 447 g/mol. The fraction of sp³-hybridized carbons (Fsp3) is 0.300. The first-order valence-corrected chi connectivity index (χ1v) is 9.49. The molecule has 0 unspecified atom stereocenters. The van der Waals surface area contributed by atoms with Gasteiger partial charge in [-0.2, -0.15) is 18.2 Å². The van der Waals surface area contributed by atoms with E-state index in [9.17, 15) is 27.6 Å². The van der Waals surface area contributed by atoms with Crippen LogP contribution in [0.5, 0.6) is 0 Å². The molecule has 1 aromatic carbocycles. The molecule has 0 aliphatic carbocycles. The molecule has 2 amide bonds. The molecule has 12 heteroatoms. The van der Waals surface area contributed by atoms with Gasteiger partial charge in [0.2, 0.25) is 0 Å². The molecule has 3 aromatic rings. The van der Waals surface area contributed by atoms with Crippen LogP contribution in [-0.2, 0) is 22.1 Å². The molecule has 1 aliphatic heterocycles. The summed E-state index contributed by atoms with van der Waals surface area (Å²) < 4.78 is 44.7. The minimum Gasteiger partial charge on any atom is -0.444 e. The molecule has 0 N–H and O–H groups in total. The van der Waals surface area contributed by atoms with Gasteiger partial charge in [0, 0.05) is 17.8 Å². The summed E-state index contributed by atoms with van der Waals surface area (Å²) in [5.41, 5.74) is 1.78. The highest BCUT2D eigenvalue weighted by atomic mass is 19.4. The number of hydrogen-bond acceptors (Lipinski definition) is 7. The van der Waals surface area contributed by atoms with Crippen LogP contribution < -0.4 is 0 Å². The van der Waals surface area contributed by atoms with Gasteiger partial charge in [-0.3, -0.25) is 14.4 Å². The standard InChI is InChI=1S/C20H16F3N5O4/c1-10-12(11(2)28-19(24-10)25-18(26-28)20(21,22)23)7-8-15(29)32-9-27-16(30)13-5-3-4-6-14(13)17(27)31/h3-6H,7-9H2,1-2H3. The van der Waals surface area contributed by atoms with E-state index >= 15 is 0 Å². The summed E-state index contributed by atoms with van der Waals surface area (Å²) in [5, 5.41) is 3.46. The number of benzene rings is 1. The number of carbonyl (C=O) groups is 3. The Bertz CT molecular complexity index is 1230. The monoisotopic (exact) mass is 447 g/mol. The largest absolute Gasteiger partial charge is 0.453 e. The van der Waals surface area contributed by atoms with Crippen LogP contribution in [0, 0.1) is 13.8 Å². The Morgan fingerprint density at radius 1 is 1.06 bits per heavy atom. The molecule has 166 valence electrons.